The first-order valence-electron chi connectivity index (χ1n) is 5.83. The molecule has 0 radical (unpaired) electrons. The van der Waals surface area contributed by atoms with Crippen LogP contribution in [0.25, 0.3) is 0 Å². The number of aromatic nitrogens is 1. The largest absolute Gasteiger partial charge is 0.408 e. The van der Waals surface area contributed by atoms with Gasteiger partial charge in [-0.25, -0.2) is 10.8 Å². The third-order valence-electron chi connectivity index (χ3n) is 3.12. The number of pyridine rings is 1. The Morgan fingerprint density at radius 3 is 2.63 bits per heavy atom. The predicted molar refractivity (Wildman–Crippen MR) is 63.0 cm³/mol. The maximum atomic E-state index is 13.2. The molecule has 1 fully saturated rings. The molecule has 0 amide bonds. The first kappa shape index (κ1) is 14.0. The molecule has 0 aliphatic carbocycles. The fourth-order valence-corrected chi connectivity index (χ4v) is 2.26. The van der Waals surface area contributed by atoms with E-state index in [4.69, 9.17) is 5.84 Å². The van der Waals surface area contributed by atoms with Crippen molar-refractivity contribution in [1.29, 1.82) is 0 Å². The van der Waals surface area contributed by atoms with Crippen molar-refractivity contribution in [2.45, 2.75) is 24.7 Å². The smallest absolute Gasteiger partial charge is 0.392 e. The molecule has 1 saturated heterocycles. The van der Waals surface area contributed by atoms with E-state index in [1.807, 2.05) is 0 Å². The van der Waals surface area contributed by atoms with Crippen molar-refractivity contribution in [1.82, 2.24) is 9.88 Å². The summed E-state index contributed by atoms with van der Waals surface area (Å²) in [4.78, 5) is 5.02. The number of anilines is 1. The Kier molecular flexibility index (Phi) is 3.93. The molecule has 1 aliphatic heterocycles. The fourth-order valence-electron chi connectivity index (χ4n) is 2.26. The lowest BCUT2D eigenvalue weighted by Crippen LogP contribution is -2.37. The Bertz CT molecular complexity index is 423. The molecule has 1 aliphatic rings. The van der Waals surface area contributed by atoms with Crippen LogP contribution in [0.2, 0.25) is 0 Å². The number of hydrogen-bond acceptors (Lipinski definition) is 5. The lowest BCUT2D eigenvalue weighted by atomic mass is 10.1. The van der Waals surface area contributed by atoms with Crippen LogP contribution in [0.3, 0.4) is 0 Å². The van der Waals surface area contributed by atoms with E-state index in [0.717, 1.165) is 6.20 Å². The third-order valence-corrected chi connectivity index (χ3v) is 3.12. The molecule has 0 spiro atoms. The van der Waals surface area contributed by atoms with E-state index in [1.54, 1.807) is 0 Å². The highest BCUT2D eigenvalue weighted by molar-refractivity contribution is 5.35. The number of aliphatic hydroxyl groups is 1. The summed E-state index contributed by atoms with van der Waals surface area (Å²) in [5.74, 6) is 5.42. The number of rotatable bonds is 3. The maximum Gasteiger partial charge on any atom is 0.408 e. The number of alkyl halides is 3. The number of nitrogen functional groups attached to an aromatic ring is 1. The Hall–Kier alpha value is -1.38. The van der Waals surface area contributed by atoms with Crippen LogP contribution in [-0.4, -0.2) is 40.4 Å². The zero-order chi connectivity index (χ0) is 14.0. The number of nitrogens with one attached hydrogen (secondary N) is 1. The number of halogens is 3. The number of likely N-dealkylation sites (tertiary alicyclic amines) is 1. The average Bonchev–Trinajstić information content (AvgIpc) is 2.75. The van der Waals surface area contributed by atoms with Crippen molar-refractivity contribution < 1.29 is 18.3 Å². The van der Waals surface area contributed by atoms with Gasteiger partial charge in [0.05, 0.1) is 6.10 Å². The van der Waals surface area contributed by atoms with Crippen LogP contribution in [0.5, 0.6) is 0 Å². The number of hydrazine groups is 1. The zero-order valence-electron chi connectivity index (χ0n) is 10.1. The molecule has 2 heterocycles. The third kappa shape index (κ3) is 3.14. The molecule has 5 nitrogen and oxygen atoms in total. The van der Waals surface area contributed by atoms with Gasteiger partial charge in [-0.3, -0.25) is 4.90 Å². The SMILES string of the molecule is NNc1ccc(C(N2CCC(O)C2)C(F)(F)F)cn1. The van der Waals surface area contributed by atoms with Gasteiger partial charge in [-0.05, 0) is 18.1 Å². The quantitative estimate of drug-likeness (QED) is 0.568. The summed E-state index contributed by atoms with van der Waals surface area (Å²) in [6, 6.07) is 0.981. The van der Waals surface area contributed by atoms with E-state index in [-0.39, 0.29) is 18.7 Å². The van der Waals surface area contributed by atoms with E-state index in [9.17, 15) is 18.3 Å². The van der Waals surface area contributed by atoms with Gasteiger partial charge in [0.2, 0.25) is 0 Å². The van der Waals surface area contributed by atoms with E-state index < -0.39 is 18.3 Å². The van der Waals surface area contributed by atoms with Crippen LogP contribution in [-0.2, 0) is 0 Å². The normalized spacial score (nSPS) is 22.5. The predicted octanol–water partition coefficient (Wildman–Crippen LogP) is 1.04. The Labute approximate surface area is 108 Å². The molecule has 4 N–H and O–H groups in total. The topological polar surface area (TPSA) is 74.4 Å². The number of β-amino-alcohol motifs (C(OH)–C–C–N with tert-alkyl or cyclic N) is 1. The molecule has 2 rings (SSSR count). The number of nitrogens with zero attached hydrogens (tertiary/aromatic N) is 2. The van der Waals surface area contributed by atoms with E-state index in [2.05, 4.69) is 10.4 Å². The summed E-state index contributed by atoms with van der Waals surface area (Å²) in [7, 11) is 0. The minimum Gasteiger partial charge on any atom is -0.392 e. The average molecular weight is 276 g/mol. The fraction of sp³-hybridized carbons (Fsp3) is 0.545. The molecule has 0 saturated carbocycles. The van der Waals surface area contributed by atoms with Gasteiger partial charge < -0.3 is 10.5 Å². The van der Waals surface area contributed by atoms with Crippen molar-refractivity contribution in [2.24, 2.45) is 5.84 Å². The molecule has 1 aromatic rings. The van der Waals surface area contributed by atoms with E-state index in [0.29, 0.717) is 12.2 Å². The van der Waals surface area contributed by atoms with E-state index >= 15 is 0 Å². The summed E-state index contributed by atoms with van der Waals surface area (Å²) in [5, 5.41) is 9.39. The molecule has 19 heavy (non-hydrogen) atoms. The van der Waals surface area contributed by atoms with Crippen LogP contribution >= 0.6 is 0 Å². The van der Waals surface area contributed by atoms with Gasteiger partial charge in [-0.2, -0.15) is 13.2 Å². The minimum absolute atomic E-state index is 0.0149. The van der Waals surface area contributed by atoms with Crippen molar-refractivity contribution in [3.63, 3.8) is 0 Å². The van der Waals surface area contributed by atoms with Gasteiger partial charge in [0, 0.05) is 19.3 Å². The highest BCUT2D eigenvalue weighted by Crippen LogP contribution is 2.39. The first-order valence-corrected chi connectivity index (χ1v) is 5.83. The summed E-state index contributed by atoms with van der Waals surface area (Å²) in [6.45, 7) is 0.225. The highest BCUT2D eigenvalue weighted by Gasteiger charge is 2.46. The van der Waals surface area contributed by atoms with Gasteiger partial charge in [-0.1, -0.05) is 6.07 Å². The summed E-state index contributed by atoms with van der Waals surface area (Å²) >= 11 is 0. The van der Waals surface area contributed by atoms with Gasteiger partial charge in [-0.15, -0.1) is 0 Å². The van der Waals surface area contributed by atoms with E-state index in [1.165, 1.54) is 17.0 Å². The minimum atomic E-state index is -4.41. The van der Waals surface area contributed by atoms with Crippen LogP contribution < -0.4 is 11.3 Å². The number of nitrogens with two attached hydrogens (primary N) is 1. The highest BCUT2D eigenvalue weighted by atomic mass is 19.4. The van der Waals surface area contributed by atoms with Gasteiger partial charge in [0.1, 0.15) is 11.9 Å². The molecule has 106 valence electrons. The molecular weight excluding hydrogens is 261 g/mol. The molecule has 2 atom stereocenters. The van der Waals surface area contributed by atoms with Gasteiger partial charge >= 0.3 is 6.18 Å². The van der Waals surface area contributed by atoms with Crippen LogP contribution in [0.1, 0.15) is 18.0 Å². The number of aliphatic hydroxyl groups excluding tert-OH is 1. The second-order valence-corrected chi connectivity index (χ2v) is 4.50. The summed E-state index contributed by atoms with van der Waals surface area (Å²) in [5.41, 5.74) is 2.30. The lowest BCUT2D eigenvalue weighted by molar-refractivity contribution is -0.184. The standard InChI is InChI=1S/C11H15F3N4O/c12-11(13,14)10(18-4-3-8(19)6-18)7-1-2-9(17-15)16-5-7/h1-2,5,8,10,19H,3-4,6,15H2,(H,16,17). The number of hydrogen-bond donors (Lipinski definition) is 3. The Morgan fingerprint density at radius 1 is 1.47 bits per heavy atom. The van der Waals surface area contributed by atoms with Gasteiger partial charge in [0.15, 0.2) is 0 Å². The lowest BCUT2D eigenvalue weighted by Gasteiger charge is -2.29. The molecular formula is C11H15F3N4O. The second-order valence-electron chi connectivity index (χ2n) is 4.50. The molecule has 0 bridgehead atoms. The Morgan fingerprint density at radius 2 is 2.21 bits per heavy atom. The van der Waals surface area contributed by atoms with Crippen molar-refractivity contribution >= 4 is 5.82 Å². The maximum absolute atomic E-state index is 13.2. The van der Waals surface area contributed by atoms with Crippen molar-refractivity contribution in [3.8, 4) is 0 Å². The van der Waals surface area contributed by atoms with Crippen LogP contribution in [0.4, 0.5) is 19.0 Å². The van der Waals surface area contributed by atoms with Crippen LogP contribution in [0.15, 0.2) is 18.3 Å². The first-order chi connectivity index (χ1) is 8.91. The second kappa shape index (κ2) is 5.32. The Balaban J connectivity index is 2.26. The van der Waals surface area contributed by atoms with Crippen LogP contribution in [0, 0.1) is 0 Å². The molecule has 2 unspecified atom stereocenters. The molecule has 0 aromatic carbocycles. The summed E-state index contributed by atoms with van der Waals surface area (Å²) < 4.78 is 39.5. The van der Waals surface area contributed by atoms with Gasteiger partial charge in [0.25, 0.3) is 0 Å². The monoisotopic (exact) mass is 276 g/mol. The summed E-state index contributed by atoms with van der Waals surface area (Å²) in [6.07, 6.45) is -3.62. The molecule has 1 aromatic heterocycles. The van der Waals surface area contributed by atoms with Crippen molar-refractivity contribution in [3.05, 3.63) is 23.9 Å². The molecule has 8 heteroatoms. The van der Waals surface area contributed by atoms with Crippen molar-refractivity contribution in [2.75, 3.05) is 18.5 Å². The zero-order valence-corrected chi connectivity index (χ0v) is 10.1.